The highest BCUT2D eigenvalue weighted by Gasteiger charge is 2.10. The standard InChI is InChI=1S/C16H15ClN2O2.C4H4O4/c1-19-10-11-3-6-14(16(7-11)20-2)21-15-8-13(17)5-4-12(15)9-18;5-3(6)1-2-4(7)8/h3-8,19H,10H2,1-2H3;1-2H,(H,5,6)(H,7,8)/b;2-1+. The summed E-state index contributed by atoms with van der Waals surface area (Å²) < 4.78 is 11.1. The normalized spacial score (nSPS) is 9.86. The van der Waals surface area contributed by atoms with Gasteiger partial charge in [0.15, 0.2) is 11.5 Å². The molecule has 0 atom stereocenters. The van der Waals surface area contributed by atoms with Gasteiger partial charge in [0.2, 0.25) is 0 Å². The van der Waals surface area contributed by atoms with Crippen LogP contribution in [0.15, 0.2) is 48.6 Å². The molecule has 0 unspecified atom stereocenters. The van der Waals surface area contributed by atoms with Gasteiger partial charge in [-0.3, -0.25) is 0 Å². The average Bonchev–Trinajstić information content (AvgIpc) is 2.68. The maximum atomic E-state index is 9.55. The minimum Gasteiger partial charge on any atom is -0.493 e. The fourth-order valence-electron chi connectivity index (χ4n) is 2.04. The lowest BCUT2D eigenvalue weighted by Gasteiger charge is -2.13. The third kappa shape index (κ3) is 8.34. The molecule has 29 heavy (non-hydrogen) atoms. The Labute approximate surface area is 172 Å². The van der Waals surface area contributed by atoms with Gasteiger partial charge >= 0.3 is 11.9 Å². The number of hydrogen-bond acceptors (Lipinski definition) is 6. The zero-order valence-corrected chi connectivity index (χ0v) is 16.4. The van der Waals surface area contributed by atoms with Crippen molar-refractivity contribution in [3.63, 3.8) is 0 Å². The van der Waals surface area contributed by atoms with Crippen molar-refractivity contribution in [2.24, 2.45) is 0 Å². The minimum absolute atomic E-state index is 0.407. The molecule has 152 valence electrons. The number of carbonyl (C=O) groups is 2. The van der Waals surface area contributed by atoms with Crippen LogP contribution in [-0.2, 0) is 16.1 Å². The van der Waals surface area contributed by atoms with Crippen LogP contribution in [0.1, 0.15) is 11.1 Å². The molecule has 0 bridgehead atoms. The molecule has 0 aliphatic heterocycles. The SMILES string of the molecule is CNCc1ccc(Oc2cc(Cl)ccc2C#N)c(OC)c1.O=C(O)/C=C/C(=O)O. The third-order valence-electron chi connectivity index (χ3n) is 3.26. The van der Waals surface area contributed by atoms with Gasteiger partial charge in [-0.25, -0.2) is 9.59 Å². The Morgan fingerprint density at radius 2 is 1.76 bits per heavy atom. The Morgan fingerprint density at radius 1 is 1.10 bits per heavy atom. The van der Waals surface area contributed by atoms with Crippen LogP contribution in [-0.4, -0.2) is 36.3 Å². The van der Waals surface area contributed by atoms with Crippen LogP contribution in [0, 0.1) is 11.3 Å². The van der Waals surface area contributed by atoms with E-state index in [-0.39, 0.29) is 0 Å². The molecule has 0 amide bonds. The minimum atomic E-state index is -1.26. The van der Waals surface area contributed by atoms with E-state index in [4.69, 9.17) is 36.5 Å². The van der Waals surface area contributed by atoms with Crippen LogP contribution >= 0.6 is 11.6 Å². The Hall–Kier alpha value is -3.54. The first-order valence-corrected chi connectivity index (χ1v) is 8.51. The van der Waals surface area contributed by atoms with Crippen LogP contribution in [0.2, 0.25) is 5.02 Å². The summed E-state index contributed by atoms with van der Waals surface area (Å²) in [4.78, 5) is 19.1. The van der Waals surface area contributed by atoms with Crippen molar-refractivity contribution < 1.29 is 29.3 Å². The molecule has 2 aromatic rings. The van der Waals surface area contributed by atoms with Gasteiger partial charge in [0.25, 0.3) is 0 Å². The Bertz CT molecular complexity index is 921. The lowest BCUT2D eigenvalue weighted by atomic mass is 10.2. The summed E-state index contributed by atoms with van der Waals surface area (Å²) >= 11 is 5.95. The molecule has 3 N–H and O–H groups in total. The monoisotopic (exact) mass is 418 g/mol. The molecule has 0 fully saturated rings. The number of nitriles is 1. The van der Waals surface area contributed by atoms with Crippen LogP contribution in [0.3, 0.4) is 0 Å². The molecule has 0 saturated carbocycles. The van der Waals surface area contributed by atoms with Gasteiger partial charge in [-0.05, 0) is 36.9 Å². The molecule has 0 radical (unpaired) electrons. The van der Waals surface area contributed by atoms with Gasteiger partial charge in [-0.2, -0.15) is 5.26 Å². The van der Waals surface area contributed by atoms with Crippen LogP contribution < -0.4 is 14.8 Å². The van der Waals surface area contributed by atoms with E-state index >= 15 is 0 Å². The van der Waals surface area contributed by atoms with E-state index in [0.717, 1.165) is 12.1 Å². The van der Waals surface area contributed by atoms with Gasteiger partial charge in [-0.15, -0.1) is 0 Å². The first kappa shape index (κ1) is 23.5. The number of benzene rings is 2. The highest BCUT2D eigenvalue weighted by atomic mass is 35.5. The second-order valence-electron chi connectivity index (χ2n) is 5.38. The van der Waals surface area contributed by atoms with Crippen molar-refractivity contribution in [2.45, 2.75) is 6.54 Å². The zero-order valence-electron chi connectivity index (χ0n) is 15.7. The largest absolute Gasteiger partial charge is 0.493 e. The Balaban J connectivity index is 0.000000447. The summed E-state index contributed by atoms with van der Waals surface area (Å²) in [6.07, 6.45) is 1.12. The number of aliphatic carboxylic acids is 2. The number of carboxylic acids is 2. The van der Waals surface area contributed by atoms with Crippen molar-refractivity contribution in [3.05, 3.63) is 64.7 Å². The summed E-state index contributed by atoms with van der Waals surface area (Å²) in [5.41, 5.74) is 1.49. The molecule has 0 heterocycles. The Morgan fingerprint density at radius 3 is 2.28 bits per heavy atom. The third-order valence-corrected chi connectivity index (χ3v) is 3.50. The summed E-state index contributed by atoms with van der Waals surface area (Å²) in [5, 5.41) is 28.3. The van der Waals surface area contributed by atoms with Crippen molar-refractivity contribution >= 4 is 23.5 Å². The topological polar surface area (TPSA) is 129 Å². The van der Waals surface area contributed by atoms with E-state index in [9.17, 15) is 9.59 Å². The van der Waals surface area contributed by atoms with Crippen molar-refractivity contribution in [1.29, 1.82) is 5.26 Å². The number of halogens is 1. The van der Waals surface area contributed by atoms with Crippen LogP contribution in [0.25, 0.3) is 0 Å². The van der Waals surface area contributed by atoms with Crippen LogP contribution in [0.5, 0.6) is 17.2 Å². The quantitative estimate of drug-likeness (QED) is 0.583. The fraction of sp³-hybridized carbons (Fsp3) is 0.150. The number of ether oxygens (including phenoxy) is 2. The predicted octanol–water partition coefficient (Wildman–Crippen LogP) is 3.44. The number of nitrogens with zero attached hydrogens (tertiary/aromatic N) is 1. The fourth-order valence-corrected chi connectivity index (χ4v) is 2.21. The number of nitrogens with one attached hydrogen (secondary N) is 1. The lowest BCUT2D eigenvalue weighted by molar-refractivity contribution is -0.134. The summed E-state index contributed by atoms with van der Waals surface area (Å²) in [6, 6.07) is 12.6. The van der Waals surface area contributed by atoms with Gasteiger partial charge in [-0.1, -0.05) is 17.7 Å². The van der Waals surface area contributed by atoms with Crippen molar-refractivity contribution in [1.82, 2.24) is 5.32 Å². The zero-order chi connectivity index (χ0) is 21.8. The maximum absolute atomic E-state index is 9.55. The second-order valence-corrected chi connectivity index (χ2v) is 5.82. The second kappa shape index (κ2) is 12.0. The van der Waals surface area contributed by atoms with Crippen LogP contribution in [0.4, 0.5) is 0 Å². The highest BCUT2D eigenvalue weighted by Crippen LogP contribution is 2.34. The molecule has 0 aromatic heterocycles. The van der Waals surface area contributed by atoms with E-state index in [1.54, 1.807) is 25.3 Å². The smallest absolute Gasteiger partial charge is 0.328 e. The molecule has 2 aromatic carbocycles. The first-order chi connectivity index (χ1) is 13.8. The predicted molar refractivity (Wildman–Crippen MR) is 106 cm³/mol. The Kier molecular flexibility index (Phi) is 9.74. The average molecular weight is 419 g/mol. The maximum Gasteiger partial charge on any atom is 0.328 e. The van der Waals surface area contributed by atoms with Gasteiger partial charge < -0.3 is 25.0 Å². The number of methoxy groups -OCH3 is 1. The van der Waals surface area contributed by atoms with E-state index in [1.807, 2.05) is 25.2 Å². The number of rotatable bonds is 7. The van der Waals surface area contributed by atoms with E-state index < -0.39 is 11.9 Å². The van der Waals surface area contributed by atoms with Crippen molar-refractivity contribution in [2.75, 3.05) is 14.2 Å². The molecule has 0 saturated heterocycles. The van der Waals surface area contributed by atoms with Crippen molar-refractivity contribution in [3.8, 4) is 23.3 Å². The lowest BCUT2D eigenvalue weighted by Crippen LogP contribution is -2.05. The van der Waals surface area contributed by atoms with E-state index in [1.165, 1.54) is 0 Å². The summed E-state index contributed by atoms with van der Waals surface area (Å²) in [6.45, 7) is 0.733. The number of hydrogen-bond donors (Lipinski definition) is 3. The summed E-state index contributed by atoms with van der Waals surface area (Å²) in [5.74, 6) is -0.966. The molecular formula is C20H19ClN2O6. The van der Waals surface area contributed by atoms with Gasteiger partial charge in [0, 0.05) is 29.8 Å². The molecular weight excluding hydrogens is 400 g/mol. The molecule has 0 spiro atoms. The molecule has 0 aliphatic rings. The van der Waals surface area contributed by atoms with Gasteiger partial charge in [0.1, 0.15) is 11.8 Å². The van der Waals surface area contributed by atoms with Gasteiger partial charge in [0.05, 0.1) is 12.7 Å². The highest BCUT2D eigenvalue weighted by molar-refractivity contribution is 6.30. The molecule has 8 nitrogen and oxygen atoms in total. The molecule has 0 aliphatic carbocycles. The number of carboxylic acid groups (broad SMARTS) is 2. The molecule has 2 rings (SSSR count). The summed E-state index contributed by atoms with van der Waals surface area (Å²) in [7, 11) is 3.45. The van der Waals surface area contributed by atoms with E-state index in [2.05, 4.69) is 11.4 Å². The first-order valence-electron chi connectivity index (χ1n) is 8.13. The van der Waals surface area contributed by atoms with E-state index in [0.29, 0.717) is 40.0 Å². The molecule has 9 heteroatoms.